The minimum absolute atomic E-state index is 0.0294. The molecular formula is C17H19NO2S. The van der Waals surface area contributed by atoms with E-state index in [-0.39, 0.29) is 5.91 Å². The number of likely N-dealkylation sites (N-methyl/N-ethyl adjacent to an activating group) is 1. The lowest BCUT2D eigenvalue weighted by atomic mass is 10.2. The zero-order chi connectivity index (χ0) is 15.1. The lowest BCUT2D eigenvalue weighted by Gasteiger charge is -2.19. The molecule has 2 rings (SSSR count). The Morgan fingerprint density at radius 2 is 2.05 bits per heavy atom. The number of rotatable bonds is 6. The molecular weight excluding hydrogens is 282 g/mol. The molecule has 0 spiro atoms. The van der Waals surface area contributed by atoms with Crippen molar-refractivity contribution in [2.45, 2.75) is 13.5 Å². The van der Waals surface area contributed by atoms with Gasteiger partial charge in [-0.2, -0.15) is 0 Å². The Kier molecular flexibility index (Phi) is 5.58. The first-order valence-electron chi connectivity index (χ1n) is 6.86. The molecule has 0 unspecified atom stereocenters. The molecule has 2 aromatic rings. The number of ether oxygens (including phenoxy) is 1. The third-order valence-corrected chi connectivity index (χ3v) is 4.00. The van der Waals surface area contributed by atoms with Crippen LogP contribution in [-0.2, 0) is 11.3 Å². The van der Waals surface area contributed by atoms with Gasteiger partial charge in [0.2, 0.25) is 5.91 Å². The van der Waals surface area contributed by atoms with Crippen molar-refractivity contribution in [1.29, 1.82) is 0 Å². The Bertz CT molecular complexity index is 588. The van der Waals surface area contributed by atoms with Gasteiger partial charge in [0, 0.05) is 24.0 Å². The smallest absolute Gasteiger partial charge is 0.246 e. The number of hydrogen-bond donors (Lipinski definition) is 0. The molecule has 3 nitrogen and oxygen atoms in total. The second kappa shape index (κ2) is 7.64. The molecule has 0 atom stereocenters. The van der Waals surface area contributed by atoms with Crippen LogP contribution in [0.3, 0.4) is 0 Å². The van der Waals surface area contributed by atoms with E-state index < -0.39 is 0 Å². The number of benzene rings is 1. The predicted molar refractivity (Wildman–Crippen MR) is 87.4 cm³/mol. The van der Waals surface area contributed by atoms with Gasteiger partial charge in [-0.25, -0.2) is 0 Å². The summed E-state index contributed by atoms with van der Waals surface area (Å²) in [4.78, 5) is 15.1. The van der Waals surface area contributed by atoms with Crippen LogP contribution in [0.15, 0.2) is 47.9 Å². The average Bonchev–Trinajstić information content (AvgIpc) is 3.04. The Morgan fingerprint density at radius 3 is 2.62 bits per heavy atom. The topological polar surface area (TPSA) is 29.5 Å². The number of methoxy groups -OCH3 is 1. The first kappa shape index (κ1) is 15.3. The summed E-state index contributed by atoms with van der Waals surface area (Å²) >= 11 is 1.62. The fourth-order valence-corrected chi connectivity index (χ4v) is 2.56. The van der Waals surface area contributed by atoms with Gasteiger partial charge in [-0.15, -0.1) is 11.3 Å². The first-order valence-corrected chi connectivity index (χ1v) is 7.74. The fraction of sp³-hybridized carbons (Fsp3) is 0.235. The van der Waals surface area contributed by atoms with E-state index in [1.54, 1.807) is 24.5 Å². The Balaban J connectivity index is 1.99. The van der Waals surface area contributed by atoms with Crippen molar-refractivity contribution in [3.05, 3.63) is 58.3 Å². The summed E-state index contributed by atoms with van der Waals surface area (Å²) in [5.74, 6) is 0.854. The van der Waals surface area contributed by atoms with E-state index in [9.17, 15) is 4.79 Å². The van der Waals surface area contributed by atoms with Crippen molar-refractivity contribution in [2.75, 3.05) is 13.7 Å². The van der Waals surface area contributed by atoms with Crippen molar-refractivity contribution in [3.8, 4) is 5.75 Å². The summed E-state index contributed by atoms with van der Waals surface area (Å²) in [5.41, 5.74) is 1.09. The number of carbonyl (C=O) groups is 1. The summed E-state index contributed by atoms with van der Waals surface area (Å²) in [6.45, 7) is 3.27. The highest BCUT2D eigenvalue weighted by molar-refractivity contribution is 7.10. The quantitative estimate of drug-likeness (QED) is 0.759. The van der Waals surface area contributed by atoms with E-state index in [0.717, 1.165) is 16.2 Å². The van der Waals surface area contributed by atoms with Crippen molar-refractivity contribution in [3.63, 3.8) is 0 Å². The lowest BCUT2D eigenvalue weighted by Crippen LogP contribution is -2.28. The molecule has 0 bridgehead atoms. The summed E-state index contributed by atoms with van der Waals surface area (Å²) in [7, 11) is 1.65. The number of amides is 1. The van der Waals surface area contributed by atoms with Crippen LogP contribution >= 0.6 is 11.3 Å². The maximum absolute atomic E-state index is 12.2. The SMILES string of the molecule is CCN(Cc1ccc(OC)cc1)C(=O)/C=C/c1cccs1. The van der Waals surface area contributed by atoms with Crippen molar-refractivity contribution in [1.82, 2.24) is 4.90 Å². The van der Waals surface area contributed by atoms with Crippen molar-refractivity contribution in [2.24, 2.45) is 0 Å². The summed E-state index contributed by atoms with van der Waals surface area (Å²) in [6.07, 6.45) is 3.50. The second-order valence-corrected chi connectivity index (χ2v) is 5.53. The summed E-state index contributed by atoms with van der Waals surface area (Å²) in [6, 6.07) is 11.8. The number of nitrogens with zero attached hydrogens (tertiary/aromatic N) is 1. The molecule has 0 aliphatic carbocycles. The summed E-state index contributed by atoms with van der Waals surface area (Å²) in [5, 5.41) is 2.00. The second-order valence-electron chi connectivity index (χ2n) is 4.55. The first-order chi connectivity index (χ1) is 10.2. The van der Waals surface area contributed by atoms with Gasteiger partial charge in [0.15, 0.2) is 0 Å². The Hall–Kier alpha value is -2.07. The number of carbonyl (C=O) groups excluding carboxylic acids is 1. The van der Waals surface area contributed by atoms with Gasteiger partial charge in [-0.3, -0.25) is 4.79 Å². The number of thiophene rings is 1. The van der Waals surface area contributed by atoms with Gasteiger partial charge in [0.25, 0.3) is 0 Å². The highest BCUT2D eigenvalue weighted by atomic mass is 32.1. The maximum atomic E-state index is 12.2. The molecule has 110 valence electrons. The third kappa shape index (κ3) is 4.46. The average molecular weight is 301 g/mol. The standard InChI is InChI=1S/C17H19NO2S/c1-3-18(13-14-6-8-15(20-2)9-7-14)17(19)11-10-16-5-4-12-21-16/h4-12H,3,13H2,1-2H3/b11-10+. The minimum Gasteiger partial charge on any atom is -0.497 e. The molecule has 0 saturated carbocycles. The zero-order valence-corrected chi connectivity index (χ0v) is 13.1. The van der Waals surface area contributed by atoms with Crippen LogP contribution in [0.5, 0.6) is 5.75 Å². The molecule has 1 amide bonds. The molecule has 4 heteroatoms. The van der Waals surface area contributed by atoms with Crippen LogP contribution < -0.4 is 4.74 Å². The van der Waals surface area contributed by atoms with E-state index >= 15 is 0 Å². The van der Waals surface area contributed by atoms with E-state index in [1.165, 1.54) is 0 Å². The lowest BCUT2D eigenvalue weighted by molar-refractivity contribution is -0.126. The highest BCUT2D eigenvalue weighted by Gasteiger charge is 2.09. The normalized spacial score (nSPS) is 10.8. The van der Waals surface area contributed by atoms with Gasteiger partial charge in [-0.05, 0) is 42.1 Å². The number of hydrogen-bond acceptors (Lipinski definition) is 3. The molecule has 0 fully saturated rings. The fourth-order valence-electron chi connectivity index (χ4n) is 1.94. The maximum Gasteiger partial charge on any atom is 0.246 e. The Labute approximate surface area is 129 Å². The van der Waals surface area contributed by atoms with Crippen LogP contribution in [0.2, 0.25) is 0 Å². The summed E-state index contributed by atoms with van der Waals surface area (Å²) < 4.78 is 5.14. The van der Waals surface area contributed by atoms with Crippen LogP contribution in [0.4, 0.5) is 0 Å². The Morgan fingerprint density at radius 1 is 1.29 bits per heavy atom. The van der Waals surface area contributed by atoms with Gasteiger partial charge in [0.1, 0.15) is 5.75 Å². The molecule has 0 aliphatic rings. The molecule has 0 radical (unpaired) electrons. The minimum atomic E-state index is 0.0294. The molecule has 1 aromatic heterocycles. The molecule has 0 saturated heterocycles. The van der Waals surface area contributed by atoms with E-state index in [2.05, 4.69) is 0 Å². The molecule has 1 aromatic carbocycles. The predicted octanol–water partition coefficient (Wildman–Crippen LogP) is 3.82. The van der Waals surface area contributed by atoms with Crippen LogP contribution in [0.1, 0.15) is 17.4 Å². The largest absolute Gasteiger partial charge is 0.497 e. The van der Waals surface area contributed by atoms with Crippen LogP contribution in [-0.4, -0.2) is 24.5 Å². The van der Waals surface area contributed by atoms with E-state index in [0.29, 0.717) is 13.1 Å². The van der Waals surface area contributed by atoms with Gasteiger partial charge >= 0.3 is 0 Å². The van der Waals surface area contributed by atoms with Crippen molar-refractivity contribution < 1.29 is 9.53 Å². The van der Waals surface area contributed by atoms with Gasteiger partial charge in [-0.1, -0.05) is 18.2 Å². The molecule has 21 heavy (non-hydrogen) atoms. The molecule has 0 N–H and O–H groups in total. The molecule has 1 heterocycles. The third-order valence-electron chi connectivity index (χ3n) is 3.16. The monoisotopic (exact) mass is 301 g/mol. The van der Waals surface area contributed by atoms with Crippen LogP contribution in [0, 0.1) is 0 Å². The van der Waals surface area contributed by atoms with E-state index in [1.807, 2.05) is 59.7 Å². The van der Waals surface area contributed by atoms with Gasteiger partial charge in [0.05, 0.1) is 7.11 Å². The van der Waals surface area contributed by atoms with E-state index in [4.69, 9.17) is 4.74 Å². The van der Waals surface area contributed by atoms with Gasteiger partial charge < -0.3 is 9.64 Å². The zero-order valence-electron chi connectivity index (χ0n) is 12.3. The molecule has 0 aliphatic heterocycles. The van der Waals surface area contributed by atoms with Crippen molar-refractivity contribution >= 4 is 23.3 Å². The van der Waals surface area contributed by atoms with Crippen LogP contribution in [0.25, 0.3) is 6.08 Å². The highest BCUT2D eigenvalue weighted by Crippen LogP contribution is 2.14.